The molecule has 1 aromatic carbocycles. The van der Waals surface area contributed by atoms with Crippen LogP contribution in [0.15, 0.2) is 30.3 Å². The quantitative estimate of drug-likeness (QED) is 0.771. The summed E-state index contributed by atoms with van der Waals surface area (Å²) in [5.74, 6) is -0.614. The Hall–Kier alpha value is -2.08. The van der Waals surface area contributed by atoms with Crippen LogP contribution in [-0.2, 0) is 20.9 Å². The fourth-order valence-corrected chi connectivity index (χ4v) is 2.41. The Balaban J connectivity index is 1.89. The number of benzene rings is 1. The Kier molecular flexibility index (Phi) is 4.80. The normalized spacial score (nSPS) is 23.2. The maximum Gasteiger partial charge on any atom is 0.408 e. The lowest BCUT2D eigenvalue weighted by atomic mass is 10.1. The third-order valence-corrected chi connectivity index (χ3v) is 3.67. The molecule has 0 spiro atoms. The number of hydrogen-bond acceptors (Lipinski definition) is 5. The molecular formula is C15H19NO5. The molecule has 21 heavy (non-hydrogen) atoms. The number of ether oxygens (including phenoxy) is 2. The van der Waals surface area contributed by atoms with Gasteiger partial charge < -0.3 is 19.9 Å². The first-order chi connectivity index (χ1) is 10.1. The molecule has 1 aromatic rings. The number of aliphatic hydroxyl groups is 1. The zero-order valence-corrected chi connectivity index (χ0v) is 11.9. The van der Waals surface area contributed by atoms with E-state index in [1.54, 1.807) is 0 Å². The van der Waals surface area contributed by atoms with Crippen LogP contribution in [0.5, 0.6) is 0 Å². The third kappa shape index (κ3) is 3.52. The van der Waals surface area contributed by atoms with Crippen LogP contribution in [0.25, 0.3) is 0 Å². The summed E-state index contributed by atoms with van der Waals surface area (Å²) in [5.41, 5.74) is -0.187. The maximum absolute atomic E-state index is 11.8. The summed E-state index contributed by atoms with van der Waals surface area (Å²) in [6.07, 6.45) is 0.235. The Morgan fingerprint density at radius 1 is 1.38 bits per heavy atom. The summed E-state index contributed by atoms with van der Waals surface area (Å²) in [6, 6.07) is 9.26. The molecule has 1 saturated carbocycles. The van der Waals surface area contributed by atoms with Crippen molar-refractivity contribution in [3.8, 4) is 0 Å². The predicted octanol–water partition coefficient (Wildman–Crippen LogP) is 1.23. The van der Waals surface area contributed by atoms with Gasteiger partial charge in [0, 0.05) is 6.61 Å². The minimum atomic E-state index is -1.05. The summed E-state index contributed by atoms with van der Waals surface area (Å²) in [7, 11) is 1.27. The summed E-state index contributed by atoms with van der Waals surface area (Å²) in [6.45, 7) is 0.0960. The van der Waals surface area contributed by atoms with Crippen molar-refractivity contribution in [2.24, 2.45) is 5.92 Å². The largest absolute Gasteiger partial charge is 0.467 e. The highest BCUT2D eigenvalue weighted by atomic mass is 16.6. The summed E-state index contributed by atoms with van der Waals surface area (Å²) < 4.78 is 9.83. The summed E-state index contributed by atoms with van der Waals surface area (Å²) >= 11 is 0. The van der Waals surface area contributed by atoms with Crippen molar-refractivity contribution in [2.75, 3.05) is 13.7 Å². The number of alkyl carbamates (subject to hydrolysis) is 1. The fourth-order valence-electron chi connectivity index (χ4n) is 2.41. The smallest absolute Gasteiger partial charge is 0.408 e. The van der Waals surface area contributed by atoms with Crippen molar-refractivity contribution >= 4 is 12.1 Å². The minimum Gasteiger partial charge on any atom is -0.467 e. The molecule has 1 amide bonds. The van der Waals surface area contributed by atoms with E-state index in [2.05, 4.69) is 5.32 Å². The van der Waals surface area contributed by atoms with Crippen molar-refractivity contribution in [1.82, 2.24) is 5.32 Å². The molecule has 2 rings (SSSR count). The number of carbonyl (C=O) groups excluding carboxylic acids is 2. The Morgan fingerprint density at radius 3 is 2.71 bits per heavy atom. The van der Waals surface area contributed by atoms with Gasteiger partial charge in [-0.25, -0.2) is 9.59 Å². The van der Waals surface area contributed by atoms with E-state index in [1.807, 2.05) is 30.3 Å². The van der Waals surface area contributed by atoms with Gasteiger partial charge in [-0.1, -0.05) is 30.3 Å². The average Bonchev–Trinajstić information content (AvgIpc) is 3.19. The highest BCUT2D eigenvalue weighted by Gasteiger charge is 2.62. The molecule has 0 aliphatic heterocycles. The Morgan fingerprint density at radius 2 is 2.10 bits per heavy atom. The van der Waals surface area contributed by atoms with Crippen LogP contribution in [0.2, 0.25) is 0 Å². The van der Waals surface area contributed by atoms with Gasteiger partial charge in [0.15, 0.2) is 0 Å². The lowest BCUT2D eigenvalue weighted by molar-refractivity contribution is -0.144. The third-order valence-electron chi connectivity index (χ3n) is 3.67. The molecule has 0 bridgehead atoms. The van der Waals surface area contributed by atoms with E-state index >= 15 is 0 Å². The highest BCUT2D eigenvalue weighted by molar-refractivity contribution is 5.89. The van der Waals surface area contributed by atoms with Crippen LogP contribution < -0.4 is 5.32 Å². The number of methoxy groups -OCH3 is 1. The molecule has 2 atom stereocenters. The number of rotatable bonds is 6. The fraction of sp³-hybridized carbons (Fsp3) is 0.467. The first kappa shape index (κ1) is 15.3. The number of nitrogens with one attached hydrogen (secondary N) is 1. The number of hydrogen-bond donors (Lipinski definition) is 2. The van der Waals surface area contributed by atoms with E-state index in [4.69, 9.17) is 14.6 Å². The van der Waals surface area contributed by atoms with Gasteiger partial charge in [-0.3, -0.25) is 0 Å². The van der Waals surface area contributed by atoms with Gasteiger partial charge in [-0.15, -0.1) is 0 Å². The molecule has 0 saturated heterocycles. The lowest BCUT2D eigenvalue weighted by Gasteiger charge is -2.17. The van der Waals surface area contributed by atoms with Gasteiger partial charge in [0.1, 0.15) is 12.1 Å². The molecule has 0 radical (unpaired) electrons. The lowest BCUT2D eigenvalue weighted by Crippen LogP contribution is -2.46. The summed E-state index contributed by atoms with van der Waals surface area (Å²) in [4.78, 5) is 23.7. The second-order valence-electron chi connectivity index (χ2n) is 5.06. The number of amides is 1. The zero-order chi connectivity index (χ0) is 15.3. The van der Waals surface area contributed by atoms with Crippen LogP contribution in [-0.4, -0.2) is 36.4 Å². The first-order valence-electron chi connectivity index (χ1n) is 6.80. The monoisotopic (exact) mass is 293 g/mol. The van der Waals surface area contributed by atoms with Crippen LogP contribution >= 0.6 is 0 Å². The second kappa shape index (κ2) is 6.58. The van der Waals surface area contributed by atoms with Crippen molar-refractivity contribution in [3.05, 3.63) is 35.9 Å². The molecule has 6 heteroatoms. The zero-order valence-electron chi connectivity index (χ0n) is 11.9. The van der Waals surface area contributed by atoms with Crippen molar-refractivity contribution in [1.29, 1.82) is 0 Å². The molecule has 1 aliphatic carbocycles. The molecule has 1 aliphatic rings. The first-order valence-corrected chi connectivity index (χ1v) is 6.80. The second-order valence-corrected chi connectivity index (χ2v) is 5.06. The van der Waals surface area contributed by atoms with Gasteiger partial charge in [-0.05, 0) is 24.3 Å². The van der Waals surface area contributed by atoms with E-state index in [0.717, 1.165) is 5.56 Å². The van der Waals surface area contributed by atoms with Gasteiger partial charge in [0.25, 0.3) is 0 Å². The standard InChI is InChI=1S/C15H19NO5/c1-20-13(18)15(9-12(15)7-8-17)16-14(19)21-10-11-5-3-2-4-6-11/h2-6,12,17H,7-10H2,1H3,(H,16,19)/t12-,15-/m0/s1. The predicted molar refractivity (Wildman–Crippen MR) is 74.3 cm³/mol. The van der Waals surface area contributed by atoms with Crippen molar-refractivity contribution in [2.45, 2.75) is 25.0 Å². The van der Waals surface area contributed by atoms with Gasteiger partial charge in [-0.2, -0.15) is 0 Å². The van der Waals surface area contributed by atoms with Crippen LogP contribution in [0.3, 0.4) is 0 Å². The Labute approximate surface area is 123 Å². The average molecular weight is 293 g/mol. The summed E-state index contributed by atoms with van der Waals surface area (Å²) in [5, 5.41) is 11.5. The molecule has 0 heterocycles. The maximum atomic E-state index is 11.8. The molecule has 1 fully saturated rings. The number of esters is 1. The van der Waals surface area contributed by atoms with Crippen LogP contribution in [0.1, 0.15) is 18.4 Å². The molecule has 6 nitrogen and oxygen atoms in total. The van der Waals surface area contributed by atoms with E-state index in [9.17, 15) is 9.59 Å². The van der Waals surface area contributed by atoms with Gasteiger partial charge in [0.2, 0.25) is 0 Å². The van der Waals surface area contributed by atoms with Crippen molar-refractivity contribution < 1.29 is 24.2 Å². The highest BCUT2D eigenvalue weighted by Crippen LogP contribution is 2.46. The Bertz CT molecular complexity index is 504. The van der Waals surface area contributed by atoms with E-state index < -0.39 is 17.6 Å². The van der Waals surface area contributed by atoms with Crippen LogP contribution in [0.4, 0.5) is 4.79 Å². The topological polar surface area (TPSA) is 84.9 Å². The van der Waals surface area contributed by atoms with E-state index in [1.165, 1.54) is 7.11 Å². The van der Waals surface area contributed by atoms with Gasteiger partial charge in [0.05, 0.1) is 7.11 Å². The minimum absolute atomic E-state index is 0.0375. The number of aliphatic hydroxyl groups excluding tert-OH is 1. The van der Waals surface area contributed by atoms with Crippen molar-refractivity contribution in [3.63, 3.8) is 0 Å². The molecule has 0 aromatic heterocycles. The molecule has 2 N–H and O–H groups in total. The molecule has 114 valence electrons. The number of carbonyl (C=O) groups is 2. The van der Waals surface area contributed by atoms with Crippen LogP contribution in [0, 0.1) is 5.92 Å². The van der Waals surface area contributed by atoms with E-state index in [-0.39, 0.29) is 19.1 Å². The van der Waals surface area contributed by atoms with Gasteiger partial charge >= 0.3 is 12.1 Å². The molecular weight excluding hydrogens is 274 g/mol. The molecule has 0 unspecified atom stereocenters. The SMILES string of the molecule is COC(=O)[C@]1(NC(=O)OCc2ccccc2)C[C@@H]1CCO. The van der Waals surface area contributed by atoms with E-state index in [0.29, 0.717) is 12.8 Å².